The van der Waals surface area contributed by atoms with Crippen molar-refractivity contribution in [1.82, 2.24) is 15.0 Å². The molecule has 1 heterocycles. The van der Waals surface area contributed by atoms with Gasteiger partial charge in [0.05, 0.1) is 19.6 Å². The predicted molar refractivity (Wildman–Crippen MR) is 88.8 cm³/mol. The molecule has 8 nitrogen and oxygen atoms in total. The van der Waals surface area contributed by atoms with E-state index in [2.05, 4.69) is 10.3 Å². The third-order valence-corrected chi connectivity index (χ3v) is 3.57. The van der Waals surface area contributed by atoms with Crippen molar-refractivity contribution in [2.24, 2.45) is 0 Å². The number of hydrogen-bond acceptors (Lipinski definition) is 7. The molecule has 0 unspecified atom stereocenters. The lowest BCUT2D eigenvalue weighted by Gasteiger charge is -2.12. The number of esters is 1. The van der Waals surface area contributed by atoms with Crippen molar-refractivity contribution in [1.29, 1.82) is 0 Å². The summed E-state index contributed by atoms with van der Waals surface area (Å²) in [5.74, 6) is -0.0100. The van der Waals surface area contributed by atoms with Crippen LogP contribution < -0.4 is 15.0 Å². The molecule has 3 aromatic rings. The molecule has 0 saturated carbocycles. The highest BCUT2D eigenvalue weighted by molar-refractivity contribution is 5.93. The van der Waals surface area contributed by atoms with E-state index in [1.165, 1.54) is 14.2 Å². The van der Waals surface area contributed by atoms with E-state index >= 15 is 0 Å². The Balaban J connectivity index is 1.84. The van der Waals surface area contributed by atoms with Crippen LogP contribution >= 0.6 is 0 Å². The lowest BCUT2D eigenvalue weighted by atomic mass is 10.2. The maximum atomic E-state index is 12.3. The number of methoxy groups -OCH3 is 2. The van der Waals surface area contributed by atoms with E-state index in [-0.39, 0.29) is 18.0 Å². The van der Waals surface area contributed by atoms with Gasteiger partial charge in [-0.1, -0.05) is 23.4 Å². The van der Waals surface area contributed by atoms with Crippen molar-refractivity contribution in [2.45, 2.75) is 6.73 Å². The Morgan fingerprint density at radius 1 is 1.08 bits per heavy atom. The molecule has 3 rings (SSSR count). The molecule has 2 aromatic carbocycles. The first-order chi connectivity index (χ1) is 12.2. The Hall–Kier alpha value is -3.42. The average molecular weight is 341 g/mol. The van der Waals surface area contributed by atoms with Crippen molar-refractivity contribution >= 4 is 16.9 Å². The number of carbonyl (C=O) groups is 1. The third-order valence-electron chi connectivity index (χ3n) is 3.57. The highest BCUT2D eigenvalue weighted by atomic mass is 16.5. The van der Waals surface area contributed by atoms with Gasteiger partial charge in [-0.3, -0.25) is 4.79 Å². The molecule has 0 aliphatic carbocycles. The maximum absolute atomic E-state index is 12.3. The van der Waals surface area contributed by atoms with Crippen molar-refractivity contribution in [3.05, 3.63) is 58.4 Å². The van der Waals surface area contributed by atoms with Gasteiger partial charge in [-0.2, -0.15) is 4.68 Å². The normalized spacial score (nSPS) is 10.5. The monoisotopic (exact) mass is 341 g/mol. The van der Waals surface area contributed by atoms with Gasteiger partial charge in [0.2, 0.25) is 0 Å². The van der Waals surface area contributed by atoms with E-state index in [1.54, 1.807) is 42.5 Å². The zero-order chi connectivity index (χ0) is 17.8. The summed E-state index contributed by atoms with van der Waals surface area (Å²) in [6.45, 7) is -0.365. The summed E-state index contributed by atoms with van der Waals surface area (Å²) >= 11 is 0. The molecule has 128 valence electrons. The van der Waals surface area contributed by atoms with Crippen LogP contribution in [-0.4, -0.2) is 35.2 Å². The van der Waals surface area contributed by atoms with Crippen molar-refractivity contribution in [3.8, 4) is 11.5 Å². The third kappa shape index (κ3) is 3.14. The van der Waals surface area contributed by atoms with Gasteiger partial charge in [-0.15, -0.1) is 5.10 Å². The van der Waals surface area contributed by atoms with Crippen LogP contribution in [0.3, 0.4) is 0 Å². The molecular formula is C17H15N3O5. The predicted octanol–water partition coefficient (Wildman–Crippen LogP) is 1.62. The number of hydrogen-bond donors (Lipinski definition) is 0. The summed E-state index contributed by atoms with van der Waals surface area (Å²) in [6.07, 6.45) is 0. The van der Waals surface area contributed by atoms with E-state index < -0.39 is 11.5 Å². The van der Waals surface area contributed by atoms with E-state index in [0.717, 1.165) is 4.68 Å². The van der Waals surface area contributed by atoms with E-state index in [4.69, 9.17) is 14.2 Å². The molecule has 0 aliphatic heterocycles. The molecule has 0 spiro atoms. The number of carbonyl (C=O) groups excluding carboxylic acids is 1. The first-order valence-electron chi connectivity index (χ1n) is 7.36. The van der Waals surface area contributed by atoms with Crippen molar-refractivity contribution in [3.63, 3.8) is 0 Å². The summed E-state index contributed by atoms with van der Waals surface area (Å²) in [5, 5.41) is 8.10. The number of rotatable bonds is 5. The second-order valence-electron chi connectivity index (χ2n) is 5.01. The lowest BCUT2D eigenvalue weighted by molar-refractivity contribution is 0.0332. The fourth-order valence-corrected chi connectivity index (χ4v) is 2.35. The minimum atomic E-state index is -0.669. The summed E-state index contributed by atoms with van der Waals surface area (Å²) < 4.78 is 16.5. The van der Waals surface area contributed by atoms with Crippen LogP contribution in [0.4, 0.5) is 0 Å². The van der Waals surface area contributed by atoms with Gasteiger partial charge in [0.15, 0.2) is 18.2 Å². The lowest BCUT2D eigenvalue weighted by Crippen LogP contribution is -2.26. The van der Waals surface area contributed by atoms with Gasteiger partial charge >= 0.3 is 5.97 Å². The van der Waals surface area contributed by atoms with Gasteiger partial charge < -0.3 is 14.2 Å². The highest BCUT2D eigenvalue weighted by Gasteiger charge is 2.18. The zero-order valence-electron chi connectivity index (χ0n) is 13.6. The summed E-state index contributed by atoms with van der Waals surface area (Å²) in [4.78, 5) is 24.6. The first kappa shape index (κ1) is 16.4. The second kappa shape index (κ2) is 7.00. The van der Waals surface area contributed by atoms with E-state index in [1.807, 2.05) is 0 Å². The SMILES string of the molecule is COc1cccc(C(=O)OCn2nnc3ccccc3c2=O)c1OC. The topological polar surface area (TPSA) is 92.5 Å². The molecule has 0 amide bonds. The van der Waals surface area contributed by atoms with Crippen LogP contribution in [0.1, 0.15) is 10.4 Å². The van der Waals surface area contributed by atoms with Gasteiger partial charge in [-0.05, 0) is 24.3 Å². The molecule has 0 fully saturated rings. The van der Waals surface area contributed by atoms with Crippen molar-refractivity contribution in [2.75, 3.05) is 14.2 Å². The molecule has 0 N–H and O–H groups in total. The number of benzene rings is 2. The van der Waals surface area contributed by atoms with Gasteiger partial charge in [-0.25, -0.2) is 4.79 Å². The minimum absolute atomic E-state index is 0.184. The fraction of sp³-hybridized carbons (Fsp3) is 0.176. The standard InChI is InChI=1S/C17H15N3O5/c1-23-14-9-5-7-12(15(14)24-2)17(22)25-10-20-16(21)11-6-3-4-8-13(11)18-19-20/h3-9H,10H2,1-2H3. The van der Waals surface area contributed by atoms with Gasteiger partial charge in [0.25, 0.3) is 5.56 Å². The summed E-state index contributed by atoms with van der Waals surface area (Å²) in [5.41, 5.74) is 0.268. The van der Waals surface area contributed by atoms with Crippen molar-refractivity contribution < 1.29 is 19.0 Å². The largest absolute Gasteiger partial charge is 0.493 e. The van der Waals surface area contributed by atoms with Gasteiger partial charge in [0, 0.05) is 0 Å². The molecule has 0 bridgehead atoms. The maximum Gasteiger partial charge on any atom is 0.343 e. The first-order valence-corrected chi connectivity index (χ1v) is 7.36. The molecule has 0 radical (unpaired) electrons. The number of fused-ring (bicyclic) bond motifs is 1. The Morgan fingerprint density at radius 3 is 2.64 bits per heavy atom. The summed E-state index contributed by atoms with van der Waals surface area (Å²) in [6, 6.07) is 11.6. The van der Waals surface area contributed by atoms with Crippen LogP contribution in [0, 0.1) is 0 Å². The Labute approximate surface area is 142 Å². The van der Waals surface area contributed by atoms with Crippen LogP contribution in [0.2, 0.25) is 0 Å². The van der Waals surface area contributed by atoms with Gasteiger partial charge in [0.1, 0.15) is 11.1 Å². The Morgan fingerprint density at radius 2 is 1.88 bits per heavy atom. The van der Waals surface area contributed by atoms with Crippen LogP contribution in [-0.2, 0) is 11.5 Å². The van der Waals surface area contributed by atoms with E-state index in [9.17, 15) is 9.59 Å². The molecule has 25 heavy (non-hydrogen) atoms. The van der Waals surface area contributed by atoms with E-state index in [0.29, 0.717) is 16.7 Å². The molecule has 0 atom stereocenters. The summed E-state index contributed by atoms with van der Waals surface area (Å²) in [7, 11) is 2.89. The molecule has 0 saturated heterocycles. The minimum Gasteiger partial charge on any atom is -0.493 e. The zero-order valence-corrected chi connectivity index (χ0v) is 13.6. The number of aromatic nitrogens is 3. The average Bonchev–Trinajstić information content (AvgIpc) is 2.66. The molecule has 1 aromatic heterocycles. The quantitative estimate of drug-likeness (QED) is 0.651. The number of nitrogens with zero attached hydrogens (tertiary/aromatic N) is 3. The fourth-order valence-electron chi connectivity index (χ4n) is 2.35. The molecular weight excluding hydrogens is 326 g/mol. The van der Waals surface area contributed by atoms with Crippen LogP contribution in [0.5, 0.6) is 11.5 Å². The Kier molecular flexibility index (Phi) is 4.60. The number of ether oxygens (including phenoxy) is 3. The molecule has 8 heteroatoms. The van der Waals surface area contributed by atoms with Crippen LogP contribution in [0.15, 0.2) is 47.3 Å². The second-order valence-corrected chi connectivity index (χ2v) is 5.01. The number of para-hydroxylation sites is 1. The molecule has 0 aliphatic rings. The Bertz CT molecular complexity index is 983. The smallest absolute Gasteiger partial charge is 0.343 e. The highest BCUT2D eigenvalue weighted by Crippen LogP contribution is 2.31. The van der Waals surface area contributed by atoms with Crippen LogP contribution in [0.25, 0.3) is 10.9 Å².